The maximum Gasteiger partial charge on any atom is 0.164 e. The Balaban J connectivity index is 1.08. The van der Waals surface area contributed by atoms with Crippen molar-refractivity contribution < 1.29 is 0 Å². The van der Waals surface area contributed by atoms with Gasteiger partial charge in [-0.1, -0.05) is 176 Å². The van der Waals surface area contributed by atoms with Crippen molar-refractivity contribution in [2.45, 2.75) is 0 Å². The van der Waals surface area contributed by atoms with E-state index in [2.05, 4.69) is 215 Å². The summed E-state index contributed by atoms with van der Waals surface area (Å²) in [6.45, 7) is 0. The third-order valence-corrected chi connectivity index (χ3v) is 12.0. The highest BCUT2D eigenvalue weighted by Crippen LogP contribution is 2.40. The fraction of sp³-hybridized carbons (Fsp3) is 0. The lowest BCUT2D eigenvalue weighted by atomic mass is 9.96. The third kappa shape index (κ3) is 5.98. The number of benzene rings is 9. The number of hydrogen-bond donors (Lipinski definition) is 0. The van der Waals surface area contributed by atoms with Gasteiger partial charge in [-0.15, -0.1) is 0 Å². The molecule has 62 heavy (non-hydrogen) atoms. The van der Waals surface area contributed by atoms with Crippen molar-refractivity contribution in [1.29, 1.82) is 0 Å². The lowest BCUT2D eigenvalue weighted by molar-refractivity contribution is 1.07. The average Bonchev–Trinajstić information content (AvgIpc) is 3.87. The molecule has 0 saturated heterocycles. The number of aromatic nitrogens is 5. The smallest absolute Gasteiger partial charge is 0.164 e. The van der Waals surface area contributed by atoms with Gasteiger partial charge in [0.25, 0.3) is 0 Å². The maximum atomic E-state index is 5.31. The zero-order valence-corrected chi connectivity index (χ0v) is 33.6. The highest BCUT2D eigenvalue weighted by molar-refractivity contribution is 6.10. The highest BCUT2D eigenvalue weighted by atomic mass is 15.0. The predicted octanol–water partition coefficient (Wildman–Crippen LogP) is 14.4. The summed E-state index contributed by atoms with van der Waals surface area (Å²) in [6.07, 6.45) is 0. The Kier molecular flexibility index (Phi) is 8.42. The molecule has 0 radical (unpaired) electrons. The van der Waals surface area contributed by atoms with Crippen LogP contribution in [-0.4, -0.2) is 24.1 Å². The van der Waals surface area contributed by atoms with E-state index in [-0.39, 0.29) is 0 Å². The van der Waals surface area contributed by atoms with Gasteiger partial charge in [-0.3, -0.25) is 0 Å². The molecule has 290 valence electrons. The molecule has 9 aromatic carbocycles. The Morgan fingerprint density at radius 1 is 0.258 bits per heavy atom. The van der Waals surface area contributed by atoms with E-state index in [1.54, 1.807) is 0 Å². The van der Waals surface area contributed by atoms with Crippen molar-refractivity contribution in [3.05, 3.63) is 224 Å². The lowest BCUT2D eigenvalue weighted by Gasteiger charge is -2.17. The molecule has 5 nitrogen and oxygen atoms in total. The molecule has 3 heterocycles. The van der Waals surface area contributed by atoms with E-state index in [0.717, 1.165) is 66.8 Å². The molecule has 0 unspecified atom stereocenters. The Morgan fingerprint density at radius 2 is 0.677 bits per heavy atom. The number of rotatable bonds is 7. The minimum Gasteiger partial charge on any atom is -0.309 e. The largest absolute Gasteiger partial charge is 0.309 e. The van der Waals surface area contributed by atoms with Crippen LogP contribution < -0.4 is 0 Å². The summed E-state index contributed by atoms with van der Waals surface area (Å²) in [5.41, 5.74) is 13.9. The summed E-state index contributed by atoms with van der Waals surface area (Å²) in [5.74, 6) is 1.82. The fourth-order valence-electron chi connectivity index (χ4n) is 9.11. The van der Waals surface area contributed by atoms with Crippen LogP contribution in [-0.2, 0) is 0 Å². The van der Waals surface area contributed by atoms with E-state index < -0.39 is 0 Å². The van der Waals surface area contributed by atoms with Gasteiger partial charge in [0.05, 0.1) is 27.8 Å². The Labute approximate surface area is 358 Å². The molecule has 0 N–H and O–H groups in total. The van der Waals surface area contributed by atoms with Crippen LogP contribution in [0.1, 0.15) is 0 Å². The monoisotopic (exact) mass is 791 g/mol. The van der Waals surface area contributed by atoms with E-state index >= 15 is 0 Å². The number of hydrogen-bond acceptors (Lipinski definition) is 3. The second-order valence-electron chi connectivity index (χ2n) is 15.6. The Morgan fingerprint density at radius 3 is 1.26 bits per heavy atom. The zero-order chi connectivity index (χ0) is 41.0. The minimum absolute atomic E-state index is 0.600. The van der Waals surface area contributed by atoms with E-state index in [1.165, 1.54) is 27.1 Å². The number of fused-ring (bicyclic) bond motifs is 6. The highest BCUT2D eigenvalue weighted by Gasteiger charge is 2.20. The van der Waals surface area contributed by atoms with Gasteiger partial charge in [0, 0.05) is 49.5 Å². The van der Waals surface area contributed by atoms with Gasteiger partial charge in [0.2, 0.25) is 0 Å². The molecular weight excluding hydrogens is 755 g/mol. The standard InChI is InChI=1S/C57H37N5/c1-3-17-38(18-4-1)40-21-15-22-41(35-40)45-34-33-43(37-54(45)62-52-31-13-9-27-48(52)49-28-10-14-32-53(49)62)57-59-55(39-19-5-2-6-20-39)58-56(60-57)42-23-16-24-44(36-42)61-50-29-11-7-25-46(50)47-26-8-12-30-51(47)61/h1-37H. The van der Waals surface area contributed by atoms with E-state index in [1.807, 2.05) is 18.2 Å². The third-order valence-electron chi connectivity index (χ3n) is 12.0. The molecule has 0 saturated carbocycles. The molecule has 0 bridgehead atoms. The van der Waals surface area contributed by atoms with Crippen LogP contribution in [0.25, 0.3) is 111 Å². The Hall–Kier alpha value is -8.41. The minimum atomic E-state index is 0.600. The van der Waals surface area contributed by atoms with Crippen molar-refractivity contribution in [3.8, 4) is 67.8 Å². The van der Waals surface area contributed by atoms with Gasteiger partial charge >= 0.3 is 0 Å². The zero-order valence-electron chi connectivity index (χ0n) is 33.6. The first-order valence-corrected chi connectivity index (χ1v) is 20.9. The normalized spacial score (nSPS) is 11.5. The van der Waals surface area contributed by atoms with Gasteiger partial charge < -0.3 is 9.13 Å². The molecule has 0 aliphatic carbocycles. The molecule has 5 heteroatoms. The van der Waals surface area contributed by atoms with Crippen molar-refractivity contribution in [1.82, 2.24) is 24.1 Å². The molecule has 0 aliphatic heterocycles. The topological polar surface area (TPSA) is 48.5 Å². The van der Waals surface area contributed by atoms with Crippen molar-refractivity contribution in [2.75, 3.05) is 0 Å². The van der Waals surface area contributed by atoms with Crippen LogP contribution in [0.4, 0.5) is 0 Å². The molecule has 0 amide bonds. The van der Waals surface area contributed by atoms with Gasteiger partial charge in [-0.05, 0) is 65.2 Å². The molecule has 3 aromatic heterocycles. The Bertz CT molecular complexity index is 3530. The van der Waals surface area contributed by atoms with Gasteiger partial charge in [0.15, 0.2) is 17.5 Å². The first-order valence-electron chi connectivity index (χ1n) is 20.9. The summed E-state index contributed by atoms with van der Waals surface area (Å²) in [5, 5.41) is 4.84. The summed E-state index contributed by atoms with van der Waals surface area (Å²) in [7, 11) is 0. The summed E-state index contributed by atoms with van der Waals surface area (Å²) < 4.78 is 4.73. The van der Waals surface area contributed by atoms with Gasteiger partial charge in [-0.25, -0.2) is 15.0 Å². The number of para-hydroxylation sites is 4. The first-order chi connectivity index (χ1) is 30.7. The quantitative estimate of drug-likeness (QED) is 0.162. The van der Waals surface area contributed by atoms with Gasteiger partial charge in [-0.2, -0.15) is 0 Å². The van der Waals surface area contributed by atoms with Crippen LogP contribution in [0.3, 0.4) is 0 Å². The second kappa shape index (κ2) is 14.7. The SMILES string of the molecule is c1ccc(-c2cccc(-c3ccc(-c4nc(-c5ccccc5)nc(-c5cccc(-n6c7ccccc7c7ccccc76)c5)n4)cc3-n3c4ccccc4c4ccccc43)c2)cc1. The van der Waals surface area contributed by atoms with Crippen molar-refractivity contribution in [3.63, 3.8) is 0 Å². The second-order valence-corrected chi connectivity index (χ2v) is 15.6. The molecule has 12 aromatic rings. The van der Waals surface area contributed by atoms with Crippen LogP contribution in [0.2, 0.25) is 0 Å². The fourth-order valence-corrected chi connectivity index (χ4v) is 9.11. The van der Waals surface area contributed by atoms with Gasteiger partial charge in [0.1, 0.15) is 0 Å². The van der Waals surface area contributed by atoms with E-state index in [4.69, 9.17) is 15.0 Å². The molecule has 0 spiro atoms. The molecule has 12 rings (SSSR count). The van der Waals surface area contributed by atoms with Crippen LogP contribution in [0.15, 0.2) is 224 Å². The predicted molar refractivity (Wildman–Crippen MR) is 256 cm³/mol. The maximum absolute atomic E-state index is 5.31. The van der Waals surface area contributed by atoms with E-state index in [9.17, 15) is 0 Å². The molecule has 0 fully saturated rings. The number of nitrogens with zero attached hydrogens (tertiary/aromatic N) is 5. The summed E-state index contributed by atoms with van der Waals surface area (Å²) in [4.78, 5) is 15.7. The van der Waals surface area contributed by atoms with Crippen LogP contribution in [0, 0.1) is 0 Å². The molecule has 0 aliphatic rings. The lowest BCUT2D eigenvalue weighted by Crippen LogP contribution is -2.03. The van der Waals surface area contributed by atoms with Crippen LogP contribution in [0.5, 0.6) is 0 Å². The first kappa shape index (κ1) is 35.5. The van der Waals surface area contributed by atoms with Crippen molar-refractivity contribution in [2.24, 2.45) is 0 Å². The summed E-state index contributed by atoms with van der Waals surface area (Å²) >= 11 is 0. The molecular formula is C57H37N5. The van der Waals surface area contributed by atoms with Crippen molar-refractivity contribution >= 4 is 43.6 Å². The van der Waals surface area contributed by atoms with Crippen LogP contribution >= 0.6 is 0 Å². The average molecular weight is 792 g/mol. The van der Waals surface area contributed by atoms with E-state index in [0.29, 0.717) is 17.5 Å². The molecule has 0 atom stereocenters. The summed E-state index contributed by atoms with van der Waals surface area (Å²) in [6, 6.07) is 79.3.